The van der Waals surface area contributed by atoms with E-state index in [4.69, 9.17) is 9.47 Å². The van der Waals surface area contributed by atoms with Crippen molar-refractivity contribution in [3.05, 3.63) is 36.5 Å². The Balaban J connectivity index is 2.18. The number of carbonyl (C=O) groups excluding carboxylic acids is 1. The van der Waals surface area contributed by atoms with Gasteiger partial charge in [-0.25, -0.2) is 0 Å². The van der Waals surface area contributed by atoms with Gasteiger partial charge in [0.25, 0.3) is 0 Å². The number of rotatable bonds is 69. The third-order valence-electron chi connectivity index (χ3n) is 18.9. The lowest BCUT2D eigenvalue weighted by molar-refractivity contribution is -0.303. The molecule has 0 bridgehead atoms. The van der Waals surface area contributed by atoms with Crippen LogP contribution < -0.4 is 5.32 Å². The van der Waals surface area contributed by atoms with Gasteiger partial charge >= 0.3 is 0 Å². The van der Waals surface area contributed by atoms with E-state index in [0.29, 0.717) is 19.3 Å². The predicted molar refractivity (Wildman–Crippen MR) is 376 cm³/mol. The van der Waals surface area contributed by atoms with Gasteiger partial charge in [0.15, 0.2) is 6.29 Å². The number of allylic oxidation sites excluding steroid dienone is 6. The van der Waals surface area contributed by atoms with Gasteiger partial charge in [0.1, 0.15) is 36.6 Å². The highest BCUT2D eigenvalue weighted by Gasteiger charge is 2.44. The highest BCUT2D eigenvalue weighted by molar-refractivity contribution is 5.80. The van der Waals surface area contributed by atoms with Crippen LogP contribution >= 0.6 is 0 Å². The molecule has 526 valence electrons. The summed E-state index contributed by atoms with van der Waals surface area (Å²) in [6, 6.07) is -1.20. The molecule has 0 aromatic carbocycles. The summed E-state index contributed by atoms with van der Waals surface area (Å²) in [6.07, 6.45) is 75.5. The second-order valence-electron chi connectivity index (χ2n) is 27.4. The molecule has 0 saturated carbocycles. The largest absolute Gasteiger partial charge is 0.394 e. The number of hydrogen-bond acceptors (Lipinski definition) is 10. The third-order valence-corrected chi connectivity index (χ3v) is 18.9. The monoisotopic (exact) mass is 1260 g/mol. The molecule has 1 rings (SSSR count). The van der Waals surface area contributed by atoms with Gasteiger partial charge in [-0.3, -0.25) is 4.79 Å². The number of ether oxygens (including phenoxy) is 2. The Labute approximate surface area is 549 Å². The lowest BCUT2D eigenvalue weighted by Gasteiger charge is -2.40. The maximum atomic E-state index is 13.3. The Morgan fingerprint density at radius 3 is 1.00 bits per heavy atom. The molecule has 0 aromatic heterocycles. The van der Waals surface area contributed by atoms with Gasteiger partial charge in [-0.15, -0.1) is 0 Å². The summed E-state index contributed by atoms with van der Waals surface area (Å²) in [4.78, 5) is 13.3. The molecule has 1 heterocycles. The van der Waals surface area contributed by atoms with E-state index < -0.39 is 74.2 Å². The van der Waals surface area contributed by atoms with E-state index in [1.807, 2.05) is 0 Å². The first-order valence-corrected chi connectivity index (χ1v) is 38.9. The summed E-state index contributed by atoms with van der Waals surface area (Å²) in [5.74, 6) is -0.705. The number of unbranched alkanes of at least 4 members (excludes halogenated alkanes) is 51. The van der Waals surface area contributed by atoms with E-state index in [-0.39, 0.29) is 12.8 Å². The first-order chi connectivity index (χ1) is 43.7. The van der Waals surface area contributed by atoms with Crippen LogP contribution in [0.3, 0.4) is 0 Å². The topological polar surface area (TPSA) is 189 Å². The zero-order chi connectivity index (χ0) is 64.6. The van der Waals surface area contributed by atoms with E-state index in [1.165, 1.54) is 295 Å². The molecule has 0 spiro atoms. The minimum absolute atomic E-state index is 0.243. The molecule has 11 nitrogen and oxygen atoms in total. The smallest absolute Gasteiger partial charge is 0.249 e. The summed E-state index contributed by atoms with van der Waals surface area (Å²) in [6.45, 7) is 3.50. The molecule has 0 aliphatic carbocycles. The van der Waals surface area contributed by atoms with Crippen molar-refractivity contribution in [2.75, 3.05) is 13.2 Å². The lowest BCUT2D eigenvalue weighted by Crippen LogP contribution is -2.60. The van der Waals surface area contributed by atoms with E-state index in [0.717, 1.165) is 44.9 Å². The average Bonchev–Trinajstić information content (AvgIpc) is 1.72. The number of amides is 1. The van der Waals surface area contributed by atoms with Crippen LogP contribution in [0.15, 0.2) is 36.5 Å². The highest BCUT2D eigenvalue weighted by Crippen LogP contribution is 2.24. The van der Waals surface area contributed by atoms with Crippen LogP contribution in [0.4, 0.5) is 0 Å². The first-order valence-electron chi connectivity index (χ1n) is 38.9. The fraction of sp³-hybridized carbons (Fsp3) is 0.910. The van der Waals surface area contributed by atoms with E-state index in [1.54, 1.807) is 0 Å². The number of aliphatic hydroxyl groups excluding tert-OH is 7. The fourth-order valence-corrected chi connectivity index (χ4v) is 12.7. The molecule has 1 aliphatic rings. The van der Waals surface area contributed by atoms with Crippen LogP contribution in [0.1, 0.15) is 386 Å². The highest BCUT2D eigenvalue weighted by atomic mass is 16.7. The predicted octanol–water partition coefficient (Wildman–Crippen LogP) is 19.7. The summed E-state index contributed by atoms with van der Waals surface area (Å²) < 4.78 is 11.2. The van der Waals surface area contributed by atoms with Crippen LogP contribution in [0.25, 0.3) is 0 Å². The van der Waals surface area contributed by atoms with Crippen molar-refractivity contribution < 1.29 is 50.0 Å². The standard InChI is InChI=1S/C78H149NO10/c1-3-5-7-9-11-13-15-17-19-21-23-25-27-29-31-33-35-36-38-39-41-43-45-47-49-51-53-55-57-59-61-63-65-70(81)73(83)69(68-88-78-76(86)75(85)74(84)72(67-80)89-78)79-77(87)71(82)66-64-62-60-58-56-54-52-50-48-46-44-42-40-37-34-32-30-28-26-24-22-20-18-16-14-12-10-8-6-4-2/h41,43,49,51,57,59,69-76,78,80-86H,3-40,42,44-48,50,52-56,58,60-68H2,1-2H3,(H,79,87)/b43-41+,51-49+,59-57+. The Bertz CT molecular complexity index is 1540. The molecule has 1 aliphatic heterocycles. The molecule has 9 atom stereocenters. The van der Waals surface area contributed by atoms with Crippen LogP contribution in [0.5, 0.6) is 0 Å². The third kappa shape index (κ3) is 53.3. The number of hydrogen-bond donors (Lipinski definition) is 8. The number of aliphatic hydroxyl groups is 7. The summed E-state index contributed by atoms with van der Waals surface area (Å²) in [7, 11) is 0. The van der Waals surface area contributed by atoms with Crippen molar-refractivity contribution in [2.45, 2.75) is 441 Å². The van der Waals surface area contributed by atoms with Crippen molar-refractivity contribution in [1.29, 1.82) is 0 Å². The Hall–Kier alpha value is -1.67. The first kappa shape index (κ1) is 85.3. The molecule has 11 heteroatoms. The summed E-state index contributed by atoms with van der Waals surface area (Å²) >= 11 is 0. The maximum absolute atomic E-state index is 13.3. The van der Waals surface area contributed by atoms with Gasteiger partial charge in [-0.1, -0.05) is 359 Å². The average molecular weight is 1260 g/mol. The molecule has 9 unspecified atom stereocenters. The van der Waals surface area contributed by atoms with Gasteiger partial charge in [0.2, 0.25) is 5.91 Å². The molecule has 0 aromatic rings. The lowest BCUT2D eigenvalue weighted by atomic mass is 9.98. The molecule has 1 fully saturated rings. The van der Waals surface area contributed by atoms with Gasteiger partial charge in [0, 0.05) is 0 Å². The molecule has 0 radical (unpaired) electrons. The van der Waals surface area contributed by atoms with Crippen molar-refractivity contribution in [1.82, 2.24) is 5.32 Å². The summed E-state index contributed by atoms with van der Waals surface area (Å²) in [5.41, 5.74) is 0. The number of carbonyl (C=O) groups is 1. The van der Waals surface area contributed by atoms with Gasteiger partial charge < -0.3 is 50.5 Å². The van der Waals surface area contributed by atoms with Gasteiger partial charge in [-0.05, 0) is 64.2 Å². The van der Waals surface area contributed by atoms with Crippen molar-refractivity contribution in [2.24, 2.45) is 0 Å². The SMILES string of the molecule is CCCCCCCCCCCCCCCCCCCCC/C=C/CC/C=C/CC/C=C/CCCC(O)C(O)C(COC1OC(CO)C(O)C(O)C1O)NC(=O)C(O)CCCCCCCCCCCCCCCCCCCCCCCCCCCCCCCC. The Morgan fingerprint density at radius 2 is 0.674 bits per heavy atom. The van der Waals surface area contributed by atoms with Crippen LogP contribution in [0, 0.1) is 0 Å². The zero-order valence-corrected chi connectivity index (χ0v) is 58.4. The van der Waals surface area contributed by atoms with Crippen molar-refractivity contribution in [3.63, 3.8) is 0 Å². The Morgan fingerprint density at radius 1 is 0.382 bits per heavy atom. The summed E-state index contributed by atoms with van der Waals surface area (Å²) in [5, 5.41) is 76.6. The molecular weight excluding hydrogens is 1110 g/mol. The van der Waals surface area contributed by atoms with Crippen LogP contribution in [0.2, 0.25) is 0 Å². The minimum Gasteiger partial charge on any atom is -0.394 e. The van der Waals surface area contributed by atoms with E-state index in [9.17, 15) is 40.5 Å². The minimum atomic E-state index is -1.67. The van der Waals surface area contributed by atoms with Crippen LogP contribution in [-0.4, -0.2) is 110 Å². The quantitative estimate of drug-likeness (QED) is 0.0215. The van der Waals surface area contributed by atoms with Crippen LogP contribution in [-0.2, 0) is 14.3 Å². The van der Waals surface area contributed by atoms with Crippen molar-refractivity contribution in [3.8, 4) is 0 Å². The Kier molecular flexibility index (Phi) is 63.6. The van der Waals surface area contributed by atoms with Gasteiger partial charge in [-0.2, -0.15) is 0 Å². The second-order valence-corrected chi connectivity index (χ2v) is 27.4. The fourth-order valence-electron chi connectivity index (χ4n) is 12.7. The molecule has 1 saturated heterocycles. The molecular formula is C78H149NO10. The van der Waals surface area contributed by atoms with E-state index >= 15 is 0 Å². The molecule has 8 N–H and O–H groups in total. The van der Waals surface area contributed by atoms with E-state index in [2.05, 4.69) is 55.6 Å². The van der Waals surface area contributed by atoms with Crippen molar-refractivity contribution >= 4 is 5.91 Å². The van der Waals surface area contributed by atoms with Gasteiger partial charge in [0.05, 0.1) is 25.4 Å². The maximum Gasteiger partial charge on any atom is 0.249 e. The normalized spacial score (nSPS) is 18.7. The second kappa shape index (κ2) is 66.4. The number of nitrogens with one attached hydrogen (secondary N) is 1. The molecule has 1 amide bonds. The molecule has 89 heavy (non-hydrogen) atoms. The zero-order valence-electron chi connectivity index (χ0n) is 58.4.